The van der Waals surface area contributed by atoms with Gasteiger partial charge in [-0.25, -0.2) is 0 Å². The molecule has 0 saturated heterocycles. The summed E-state index contributed by atoms with van der Waals surface area (Å²) in [5, 5.41) is 9.27. The van der Waals surface area contributed by atoms with Crippen LogP contribution in [0.4, 0.5) is 0 Å². The first-order chi connectivity index (χ1) is 7.52. The summed E-state index contributed by atoms with van der Waals surface area (Å²) in [6.07, 6.45) is 1.98. The molecule has 1 aromatic carbocycles. The summed E-state index contributed by atoms with van der Waals surface area (Å²) < 4.78 is 0. The van der Waals surface area contributed by atoms with E-state index in [0.29, 0.717) is 5.92 Å². The average Bonchev–Trinajstić information content (AvgIpc) is 2.59. The molecule has 1 atom stereocenters. The third kappa shape index (κ3) is 2.08. The molecule has 0 amide bonds. The van der Waals surface area contributed by atoms with Crippen molar-refractivity contribution in [2.75, 3.05) is 0 Å². The van der Waals surface area contributed by atoms with Crippen molar-refractivity contribution in [1.29, 1.82) is 5.26 Å². The summed E-state index contributed by atoms with van der Waals surface area (Å²) in [5.74, 6) is 0.288. The first-order valence-corrected chi connectivity index (χ1v) is 6.05. The lowest BCUT2D eigenvalue weighted by Crippen LogP contribution is -2.30. The Balaban J connectivity index is 2.20. The zero-order chi connectivity index (χ0) is 11.8. The van der Waals surface area contributed by atoms with Gasteiger partial charge in [0.1, 0.15) is 0 Å². The first-order valence-electron chi connectivity index (χ1n) is 5.67. The molecule has 1 aromatic rings. The average molecular weight is 234 g/mol. The standard InChI is InChI=1S/C14H16ClN/c1-14(2,15)13(9-16)12-7-10-5-3-4-6-11(10)8-12/h3-6,12-13H,7-8H2,1-2H3. The van der Waals surface area contributed by atoms with E-state index in [0.717, 1.165) is 12.8 Å². The highest BCUT2D eigenvalue weighted by atomic mass is 35.5. The van der Waals surface area contributed by atoms with Crippen LogP contribution in [0.5, 0.6) is 0 Å². The second-order valence-corrected chi connectivity index (χ2v) is 6.08. The minimum atomic E-state index is -0.443. The fourth-order valence-electron chi connectivity index (χ4n) is 2.65. The second-order valence-electron chi connectivity index (χ2n) is 5.11. The molecule has 0 spiro atoms. The molecule has 0 heterocycles. The number of hydrogen-bond donors (Lipinski definition) is 0. The van der Waals surface area contributed by atoms with Crippen LogP contribution in [0.3, 0.4) is 0 Å². The number of hydrogen-bond acceptors (Lipinski definition) is 1. The Morgan fingerprint density at radius 3 is 2.19 bits per heavy atom. The summed E-state index contributed by atoms with van der Waals surface area (Å²) in [5.41, 5.74) is 2.77. The minimum Gasteiger partial charge on any atom is -0.198 e. The van der Waals surface area contributed by atoms with E-state index in [2.05, 4.69) is 30.3 Å². The molecule has 0 N–H and O–H groups in total. The molecule has 0 radical (unpaired) electrons. The fourth-order valence-corrected chi connectivity index (χ4v) is 2.87. The van der Waals surface area contributed by atoms with Gasteiger partial charge in [-0.05, 0) is 43.7 Å². The fraction of sp³-hybridized carbons (Fsp3) is 0.500. The Kier molecular flexibility index (Phi) is 2.95. The lowest BCUT2D eigenvalue weighted by molar-refractivity contribution is 0.353. The molecule has 84 valence electrons. The molecule has 1 unspecified atom stereocenters. The van der Waals surface area contributed by atoms with E-state index in [1.807, 2.05) is 13.8 Å². The van der Waals surface area contributed by atoms with E-state index in [4.69, 9.17) is 11.6 Å². The van der Waals surface area contributed by atoms with Crippen molar-refractivity contribution < 1.29 is 0 Å². The van der Waals surface area contributed by atoms with Crippen LogP contribution in [0.1, 0.15) is 25.0 Å². The second kappa shape index (κ2) is 4.11. The van der Waals surface area contributed by atoms with Crippen molar-refractivity contribution in [1.82, 2.24) is 0 Å². The Morgan fingerprint density at radius 2 is 1.81 bits per heavy atom. The molecule has 2 rings (SSSR count). The van der Waals surface area contributed by atoms with Crippen LogP contribution < -0.4 is 0 Å². The Morgan fingerprint density at radius 1 is 1.31 bits per heavy atom. The molecule has 1 aliphatic carbocycles. The predicted octanol–water partition coefficient (Wildman–Crippen LogP) is 3.56. The number of halogens is 1. The van der Waals surface area contributed by atoms with E-state index in [-0.39, 0.29) is 5.92 Å². The van der Waals surface area contributed by atoms with Gasteiger partial charge in [0.05, 0.1) is 16.9 Å². The lowest BCUT2D eigenvalue weighted by atomic mass is 9.82. The van der Waals surface area contributed by atoms with Gasteiger partial charge < -0.3 is 0 Å². The van der Waals surface area contributed by atoms with E-state index in [9.17, 15) is 5.26 Å². The minimum absolute atomic E-state index is 0.0819. The summed E-state index contributed by atoms with van der Waals surface area (Å²) >= 11 is 6.30. The van der Waals surface area contributed by atoms with Crippen LogP contribution in [0.2, 0.25) is 0 Å². The number of rotatable bonds is 2. The quantitative estimate of drug-likeness (QED) is 0.717. The van der Waals surface area contributed by atoms with Crippen LogP contribution >= 0.6 is 11.6 Å². The Bertz CT molecular complexity index is 400. The Labute approximate surface area is 102 Å². The highest BCUT2D eigenvalue weighted by molar-refractivity contribution is 6.23. The monoisotopic (exact) mass is 233 g/mol. The molecular weight excluding hydrogens is 218 g/mol. The van der Waals surface area contributed by atoms with Crippen LogP contribution in [0.25, 0.3) is 0 Å². The molecule has 0 fully saturated rings. The number of benzene rings is 1. The maximum absolute atomic E-state index is 9.27. The third-order valence-electron chi connectivity index (χ3n) is 3.43. The highest BCUT2D eigenvalue weighted by Gasteiger charge is 2.37. The van der Waals surface area contributed by atoms with Crippen LogP contribution in [0.15, 0.2) is 24.3 Å². The summed E-state index contributed by atoms with van der Waals surface area (Å²) in [7, 11) is 0. The maximum atomic E-state index is 9.27. The predicted molar refractivity (Wildman–Crippen MR) is 66.4 cm³/mol. The molecule has 1 aliphatic rings. The molecule has 0 bridgehead atoms. The largest absolute Gasteiger partial charge is 0.198 e. The molecule has 0 aliphatic heterocycles. The number of alkyl halides is 1. The zero-order valence-corrected chi connectivity index (χ0v) is 10.5. The smallest absolute Gasteiger partial charge is 0.0684 e. The van der Waals surface area contributed by atoms with Gasteiger partial charge in [0.15, 0.2) is 0 Å². The summed E-state index contributed by atoms with van der Waals surface area (Å²) in [6.45, 7) is 3.87. The van der Waals surface area contributed by atoms with E-state index in [1.165, 1.54) is 11.1 Å². The molecule has 16 heavy (non-hydrogen) atoms. The summed E-state index contributed by atoms with van der Waals surface area (Å²) in [4.78, 5) is -0.443. The van der Waals surface area contributed by atoms with Crippen LogP contribution in [-0.2, 0) is 12.8 Å². The van der Waals surface area contributed by atoms with Crippen molar-refractivity contribution in [3.8, 4) is 6.07 Å². The van der Waals surface area contributed by atoms with Gasteiger partial charge in [-0.1, -0.05) is 24.3 Å². The number of nitrogens with zero attached hydrogens (tertiary/aromatic N) is 1. The molecule has 2 heteroatoms. The van der Waals surface area contributed by atoms with Gasteiger partial charge in [0, 0.05) is 0 Å². The first kappa shape index (κ1) is 11.5. The van der Waals surface area contributed by atoms with Gasteiger partial charge in [0.2, 0.25) is 0 Å². The summed E-state index contributed by atoms with van der Waals surface area (Å²) in [6, 6.07) is 10.8. The molecule has 0 aromatic heterocycles. The van der Waals surface area contributed by atoms with Gasteiger partial charge in [0.25, 0.3) is 0 Å². The molecule has 0 saturated carbocycles. The maximum Gasteiger partial charge on any atom is 0.0684 e. The van der Waals surface area contributed by atoms with Crippen molar-refractivity contribution in [3.63, 3.8) is 0 Å². The highest BCUT2D eigenvalue weighted by Crippen LogP contribution is 2.38. The Hall–Kier alpha value is -1.00. The van der Waals surface area contributed by atoms with E-state index >= 15 is 0 Å². The zero-order valence-electron chi connectivity index (χ0n) is 9.70. The van der Waals surface area contributed by atoms with Crippen molar-refractivity contribution in [3.05, 3.63) is 35.4 Å². The third-order valence-corrected chi connectivity index (χ3v) is 3.67. The van der Waals surface area contributed by atoms with Crippen LogP contribution in [-0.4, -0.2) is 4.87 Å². The normalized spacial score (nSPS) is 17.9. The topological polar surface area (TPSA) is 23.8 Å². The SMILES string of the molecule is CC(C)(Cl)C(C#N)C1Cc2ccccc2C1. The molecule has 1 nitrogen and oxygen atoms in total. The van der Waals surface area contributed by atoms with Crippen LogP contribution in [0, 0.1) is 23.2 Å². The molecular formula is C14H16ClN. The van der Waals surface area contributed by atoms with Gasteiger partial charge in [-0.3, -0.25) is 0 Å². The van der Waals surface area contributed by atoms with E-state index < -0.39 is 4.87 Å². The van der Waals surface area contributed by atoms with Crippen molar-refractivity contribution in [2.45, 2.75) is 31.6 Å². The van der Waals surface area contributed by atoms with Gasteiger partial charge >= 0.3 is 0 Å². The van der Waals surface area contributed by atoms with Gasteiger partial charge in [-0.15, -0.1) is 11.6 Å². The van der Waals surface area contributed by atoms with Gasteiger partial charge in [-0.2, -0.15) is 5.26 Å². The van der Waals surface area contributed by atoms with Crippen molar-refractivity contribution in [2.24, 2.45) is 11.8 Å². The number of fused-ring (bicyclic) bond motifs is 1. The number of nitriles is 1. The lowest BCUT2D eigenvalue weighted by Gasteiger charge is -2.27. The van der Waals surface area contributed by atoms with Crippen molar-refractivity contribution >= 4 is 11.6 Å². The van der Waals surface area contributed by atoms with E-state index in [1.54, 1.807) is 0 Å².